The van der Waals surface area contributed by atoms with Crippen molar-refractivity contribution >= 4 is 12.0 Å². The molecule has 0 aromatic heterocycles. The van der Waals surface area contributed by atoms with Gasteiger partial charge in [0, 0.05) is 6.04 Å². The molecule has 1 saturated heterocycles. The summed E-state index contributed by atoms with van der Waals surface area (Å²) in [6, 6.07) is -0.185. The van der Waals surface area contributed by atoms with Gasteiger partial charge in [-0.15, -0.1) is 0 Å². The van der Waals surface area contributed by atoms with E-state index in [1.165, 1.54) is 18.7 Å². The Hall–Kier alpha value is -1.14. The third-order valence-corrected chi connectivity index (χ3v) is 3.43. The summed E-state index contributed by atoms with van der Waals surface area (Å²) in [4.78, 5) is 25.5. The molecule has 1 aliphatic carbocycles. The molecule has 1 aliphatic heterocycles. The van der Waals surface area contributed by atoms with E-state index in [2.05, 4.69) is 0 Å². The molecule has 0 radical (unpaired) electrons. The number of hydrogen-bond donors (Lipinski definition) is 1. The first-order valence-corrected chi connectivity index (χ1v) is 6.94. The molecule has 3 unspecified atom stereocenters. The van der Waals surface area contributed by atoms with E-state index < -0.39 is 17.5 Å². The van der Waals surface area contributed by atoms with Gasteiger partial charge in [0.2, 0.25) is 5.91 Å². The van der Waals surface area contributed by atoms with Crippen LogP contribution >= 0.6 is 0 Å². The number of aliphatic hydroxyl groups is 1. The van der Waals surface area contributed by atoms with Gasteiger partial charge >= 0.3 is 6.09 Å². The summed E-state index contributed by atoms with van der Waals surface area (Å²) in [5, 5.41) is 9.68. The van der Waals surface area contributed by atoms with Crippen LogP contribution in [-0.4, -0.2) is 45.5 Å². The molecule has 2 aliphatic rings. The number of rotatable bonds is 2. The van der Waals surface area contributed by atoms with Crippen molar-refractivity contribution in [2.24, 2.45) is 5.92 Å². The highest BCUT2D eigenvalue weighted by Crippen LogP contribution is 2.42. The number of amides is 2. The minimum absolute atomic E-state index is 0.185. The quantitative estimate of drug-likeness (QED) is 0.781. The number of carbonyl (C=O) groups excluding carboxylic acids is 2. The molecular weight excluding hydrogens is 262 g/mol. The molecular formula is C14H23NO5. The van der Waals surface area contributed by atoms with E-state index in [-0.39, 0.29) is 24.0 Å². The Labute approximate surface area is 119 Å². The summed E-state index contributed by atoms with van der Waals surface area (Å²) in [7, 11) is 0. The second-order valence-electron chi connectivity index (χ2n) is 7.02. The van der Waals surface area contributed by atoms with Crippen LogP contribution in [0.3, 0.4) is 0 Å². The zero-order chi connectivity index (χ0) is 15.3. The van der Waals surface area contributed by atoms with E-state index in [1.54, 1.807) is 20.8 Å². The Kier molecular flexibility index (Phi) is 3.59. The summed E-state index contributed by atoms with van der Waals surface area (Å²) < 4.78 is 10.7. The fourth-order valence-electron chi connectivity index (χ4n) is 2.85. The average molecular weight is 285 g/mol. The zero-order valence-electron chi connectivity index (χ0n) is 12.7. The second kappa shape index (κ2) is 4.70. The first kappa shape index (κ1) is 15.3. The molecule has 3 atom stereocenters. The van der Waals surface area contributed by atoms with Gasteiger partial charge in [0.1, 0.15) is 5.60 Å². The van der Waals surface area contributed by atoms with E-state index in [0.717, 1.165) is 0 Å². The lowest BCUT2D eigenvalue weighted by Crippen LogP contribution is -2.49. The molecule has 1 N–H and O–H groups in total. The van der Waals surface area contributed by atoms with Gasteiger partial charge in [-0.2, -0.15) is 0 Å². The number of fused-ring (bicyclic) bond motifs is 2. The molecule has 6 nitrogen and oxygen atoms in total. The van der Waals surface area contributed by atoms with Crippen LogP contribution in [0, 0.1) is 5.92 Å². The molecule has 1 heterocycles. The van der Waals surface area contributed by atoms with Crippen LogP contribution in [0.15, 0.2) is 0 Å². The highest BCUT2D eigenvalue weighted by Gasteiger charge is 2.55. The molecule has 114 valence electrons. The van der Waals surface area contributed by atoms with Crippen LogP contribution in [0.4, 0.5) is 4.79 Å². The molecule has 0 aromatic carbocycles. The van der Waals surface area contributed by atoms with Crippen LogP contribution in [0.25, 0.3) is 0 Å². The molecule has 6 heteroatoms. The maximum absolute atomic E-state index is 12.3. The number of imide groups is 1. The first-order valence-electron chi connectivity index (χ1n) is 6.94. The Morgan fingerprint density at radius 2 is 1.85 bits per heavy atom. The number of piperidine rings is 1. The van der Waals surface area contributed by atoms with E-state index >= 15 is 0 Å². The van der Waals surface area contributed by atoms with Crippen molar-refractivity contribution in [3.63, 3.8) is 0 Å². The van der Waals surface area contributed by atoms with Crippen LogP contribution in [0.1, 0.15) is 47.5 Å². The van der Waals surface area contributed by atoms with Crippen molar-refractivity contribution in [1.82, 2.24) is 4.90 Å². The van der Waals surface area contributed by atoms with Crippen LogP contribution in [0.5, 0.6) is 0 Å². The summed E-state index contributed by atoms with van der Waals surface area (Å²) in [6.45, 7) is 8.38. The Morgan fingerprint density at radius 1 is 1.25 bits per heavy atom. The zero-order valence-corrected chi connectivity index (χ0v) is 12.7. The molecule has 2 fully saturated rings. The van der Waals surface area contributed by atoms with Gasteiger partial charge in [-0.05, 0) is 47.5 Å². The smallest absolute Gasteiger partial charge is 0.417 e. The number of likely N-dealkylation sites (tertiary alicyclic amines) is 1. The normalized spacial score (nSPS) is 30.0. The van der Waals surface area contributed by atoms with Crippen molar-refractivity contribution < 1.29 is 24.2 Å². The van der Waals surface area contributed by atoms with E-state index in [4.69, 9.17) is 9.47 Å². The van der Waals surface area contributed by atoms with Gasteiger partial charge in [-0.25, -0.2) is 9.69 Å². The fourth-order valence-corrected chi connectivity index (χ4v) is 2.85. The lowest BCUT2D eigenvalue weighted by molar-refractivity contribution is -0.216. The van der Waals surface area contributed by atoms with Crippen LogP contribution < -0.4 is 0 Å². The number of nitrogens with zero attached hydrogens (tertiary/aromatic N) is 1. The van der Waals surface area contributed by atoms with E-state index in [9.17, 15) is 14.7 Å². The van der Waals surface area contributed by atoms with Crippen molar-refractivity contribution in [3.05, 3.63) is 0 Å². The van der Waals surface area contributed by atoms with Crippen LogP contribution in [0.2, 0.25) is 0 Å². The molecule has 0 aromatic rings. The third kappa shape index (κ3) is 3.12. The molecule has 2 rings (SSSR count). The summed E-state index contributed by atoms with van der Waals surface area (Å²) in [5.41, 5.74) is -0.623. The van der Waals surface area contributed by atoms with Crippen molar-refractivity contribution in [1.29, 1.82) is 0 Å². The molecule has 2 bridgehead atoms. The van der Waals surface area contributed by atoms with Crippen molar-refractivity contribution in [2.75, 3.05) is 0 Å². The second-order valence-corrected chi connectivity index (χ2v) is 7.02. The minimum Gasteiger partial charge on any atom is -0.443 e. The van der Waals surface area contributed by atoms with E-state index in [0.29, 0.717) is 12.8 Å². The Balaban J connectivity index is 2.03. The number of hydrogen-bond acceptors (Lipinski definition) is 5. The predicted molar refractivity (Wildman–Crippen MR) is 70.8 cm³/mol. The van der Waals surface area contributed by atoms with Gasteiger partial charge in [-0.1, -0.05) is 0 Å². The highest BCUT2D eigenvalue weighted by molar-refractivity contribution is 5.96. The molecule has 1 saturated carbocycles. The monoisotopic (exact) mass is 285 g/mol. The lowest BCUT2D eigenvalue weighted by Gasteiger charge is -2.33. The third-order valence-electron chi connectivity index (χ3n) is 3.43. The molecule has 20 heavy (non-hydrogen) atoms. The first-order chi connectivity index (χ1) is 8.98. The van der Waals surface area contributed by atoms with Gasteiger partial charge in [0.25, 0.3) is 0 Å². The van der Waals surface area contributed by atoms with Gasteiger partial charge in [0.05, 0.1) is 12.0 Å². The van der Waals surface area contributed by atoms with E-state index in [1.807, 2.05) is 0 Å². The largest absolute Gasteiger partial charge is 0.443 e. The summed E-state index contributed by atoms with van der Waals surface area (Å²) in [5.74, 6) is -1.89. The SMILES string of the molecule is CC(C)(C)OC(=O)N1C(=O)C2CC1CC2OC(C)(C)O. The van der Waals surface area contributed by atoms with Gasteiger partial charge in [0.15, 0.2) is 5.79 Å². The molecule has 0 spiro atoms. The standard InChI is InChI=1S/C14H23NO5/c1-13(2,3)20-12(17)15-8-6-9(11(15)16)10(7-8)19-14(4,5)18/h8-10,18H,6-7H2,1-5H3. The molecule has 2 amide bonds. The predicted octanol–water partition coefficient (Wildman–Crippen LogP) is 1.66. The topological polar surface area (TPSA) is 76.1 Å². The number of ether oxygens (including phenoxy) is 2. The summed E-state index contributed by atoms with van der Waals surface area (Å²) >= 11 is 0. The van der Waals surface area contributed by atoms with Gasteiger partial charge < -0.3 is 14.6 Å². The number of carbonyl (C=O) groups is 2. The van der Waals surface area contributed by atoms with Crippen molar-refractivity contribution in [3.8, 4) is 0 Å². The van der Waals surface area contributed by atoms with Crippen LogP contribution in [-0.2, 0) is 14.3 Å². The average Bonchev–Trinajstić information content (AvgIpc) is 2.68. The van der Waals surface area contributed by atoms with Crippen molar-refractivity contribution in [2.45, 2.75) is 71.0 Å². The van der Waals surface area contributed by atoms with Gasteiger partial charge in [-0.3, -0.25) is 4.79 Å². The maximum atomic E-state index is 12.3. The lowest BCUT2D eigenvalue weighted by atomic mass is 10.0. The summed E-state index contributed by atoms with van der Waals surface area (Å²) in [6.07, 6.45) is 0.223. The maximum Gasteiger partial charge on any atom is 0.417 e. The highest BCUT2D eigenvalue weighted by atomic mass is 16.6. The minimum atomic E-state index is -1.27. The fraction of sp³-hybridized carbons (Fsp3) is 0.857. The Bertz CT molecular complexity index is 420. The Morgan fingerprint density at radius 3 is 2.30 bits per heavy atom.